The van der Waals surface area contributed by atoms with Crippen molar-refractivity contribution in [2.24, 2.45) is 0 Å². The van der Waals surface area contributed by atoms with Crippen LogP contribution >= 0.6 is 0 Å². The second-order valence-electron chi connectivity index (χ2n) is 9.01. The lowest BCUT2D eigenvalue weighted by Crippen LogP contribution is -2.66. The maximum atomic E-state index is 13.0. The third-order valence-corrected chi connectivity index (χ3v) is 6.73. The second kappa shape index (κ2) is 8.99. The van der Waals surface area contributed by atoms with Gasteiger partial charge in [-0.05, 0) is 37.5 Å². The number of hydrogen-bond donors (Lipinski definition) is 3. The van der Waals surface area contributed by atoms with Crippen LogP contribution in [-0.2, 0) is 13.1 Å². The highest BCUT2D eigenvalue weighted by Crippen LogP contribution is 2.29. The largest absolute Gasteiger partial charge is 0.376 e. The van der Waals surface area contributed by atoms with E-state index in [-0.39, 0.29) is 36.5 Å². The van der Waals surface area contributed by atoms with Crippen molar-refractivity contribution in [3.8, 4) is 0 Å². The lowest BCUT2D eigenvalue weighted by Gasteiger charge is -2.46. The number of aromatic nitrogens is 2. The molecular formula is C23H30FN5O3. The molecule has 0 spiro atoms. The van der Waals surface area contributed by atoms with Crippen molar-refractivity contribution >= 4 is 11.8 Å². The summed E-state index contributed by atoms with van der Waals surface area (Å²) in [5, 5.41) is 21.4. The molecule has 32 heavy (non-hydrogen) atoms. The summed E-state index contributed by atoms with van der Waals surface area (Å²) in [6, 6.07) is 7.55. The Morgan fingerprint density at radius 2 is 1.97 bits per heavy atom. The van der Waals surface area contributed by atoms with Crippen LogP contribution in [0.3, 0.4) is 0 Å². The number of nitrogens with one attached hydrogen (secondary N) is 2. The first-order valence-electron chi connectivity index (χ1n) is 11.1. The minimum Gasteiger partial charge on any atom is -0.376 e. The molecule has 2 heterocycles. The first kappa shape index (κ1) is 22.4. The molecule has 1 aliphatic heterocycles. The van der Waals surface area contributed by atoms with Gasteiger partial charge >= 0.3 is 0 Å². The summed E-state index contributed by atoms with van der Waals surface area (Å²) in [6.07, 6.45) is 4.58. The van der Waals surface area contributed by atoms with Crippen LogP contribution in [0.5, 0.6) is 0 Å². The molecule has 1 aliphatic carbocycles. The zero-order valence-corrected chi connectivity index (χ0v) is 18.5. The molecule has 0 bridgehead atoms. The summed E-state index contributed by atoms with van der Waals surface area (Å²) in [7, 11) is 1.67. The molecule has 8 nitrogen and oxygen atoms in total. The van der Waals surface area contributed by atoms with E-state index in [4.69, 9.17) is 0 Å². The fourth-order valence-electron chi connectivity index (χ4n) is 4.45. The molecule has 2 aliphatic rings. The normalized spacial score (nSPS) is 22.5. The quantitative estimate of drug-likeness (QED) is 0.594. The number of carbonyl (C=O) groups is 2. The number of likely N-dealkylation sites (N-methyl/N-ethyl adjacent to an activating group) is 1. The smallest absolute Gasteiger partial charge is 0.272 e. The number of rotatable bonds is 6. The Bertz CT molecular complexity index is 986. The number of nitrogens with zero attached hydrogens (tertiary/aromatic N) is 3. The number of amides is 2. The summed E-state index contributed by atoms with van der Waals surface area (Å²) in [5.41, 5.74) is 0.281. The molecule has 0 radical (unpaired) electrons. The van der Waals surface area contributed by atoms with Crippen molar-refractivity contribution in [2.45, 2.75) is 69.9 Å². The molecule has 4 rings (SSSR count). The van der Waals surface area contributed by atoms with Crippen molar-refractivity contribution in [3.05, 3.63) is 53.1 Å². The van der Waals surface area contributed by atoms with Gasteiger partial charge in [-0.2, -0.15) is 5.10 Å². The molecule has 1 aromatic carbocycles. The Balaban J connectivity index is 1.46. The zero-order chi connectivity index (χ0) is 22.9. The zero-order valence-electron chi connectivity index (χ0n) is 18.5. The average molecular weight is 444 g/mol. The lowest BCUT2D eigenvalue weighted by atomic mass is 9.91. The van der Waals surface area contributed by atoms with Gasteiger partial charge in [-0.15, -0.1) is 0 Å². The highest BCUT2D eigenvalue weighted by Gasteiger charge is 2.46. The van der Waals surface area contributed by atoms with Gasteiger partial charge in [-0.25, -0.2) is 4.39 Å². The van der Waals surface area contributed by atoms with Crippen LogP contribution in [0.25, 0.3) is 0 Å². The van der Waals surface area contributed by atoms with E-state index in [1.54, 1.807) is 19.2 Å². The van der Waals surface area contributed by atoms with Crippen LogP contribution < -0.4 is 10.6 Å². The molecule has 1 aromatic heterocycles. The summed E-state index contributed by atoms with van der Waals surface area (Å²) in [4.78, 5) is 27.2. The van der Waals surface area contributed by atoms with Gasteiger partial charge in [0.05, 0.1) is 12.1 Å². The molecule has 3 N–H and O–H groups in total. The van der Waals surface area contributed by atoms with Crippen molar-refractivity contribution in [1.29, 1.82) is 0 Å². The topological polar surface area (TPSA) is 99.5 Å². The number of carbonyl (C=O) groups excluding carboxylic acids is 2. The van der Waals surface area contributed by atoms with E-state index in [0.29, 0.717) is 5.69 Å². The van der Waals surface area contributed by atoms with Gasteiger partial charge in [0.1, 0.15) is 17.7 Å². The Hall–Kier alpha value is -2.78. The lowest BCUT2D eigenvalue weighted by molar-refractivity contribution is -0.0449. The third-order valence-electron chi connectivity index (χ3n) is 6.73. The van der Waals surface area contributed by atoms with Crippen LogP contribution in [0.2, 0.25) is 0 Å². The van der Waals surface area contributed by atoms with Crippen molar-refractivity contribution in [1.82, 2.24) is 25.3 Å². The van der Waals surface area contributed by atoms with Gasteiger partial charge in [0, 0.05) is 25.7 Å². The van der Waals surface area contributed by atoms with Crippen LogP contribution in [0.4, 0.5) is 4.39 Å². The fourth-order valence-corrected chi connectivity index (χ4v) is 4.45. The number of fused-ring (bicyclic) bond motifs is 1. The third kappa shape index (κ3) is 4.40. The molecule has 172 valence electrons. The van der Waals surface area contributed by atoms with Crippen LogP contribution in [0, 0.1) is 5.82 Å². The van der Waals surface area contributed by atoms with Crippen LogP contribution in [-0.4, -0.2) is 56.5 Å². The molecule has 0 saturated heterocycles. The Morgan fingerprint density at radius 3 is 2.66 bits per heavy atom. The highest BCUT2D eigenvalue weighted by molar-refractivity contribution is 5.98. The Kier molecular flexibility index (Phi) is 6.30. The van der Waals surface area contributed by atoms with Gasteiger partial charge in [0.15, 0.2) is 5.69 Å². The SMILES string of the molecule is CN1C(=O)c2cc(C(=O)NCc3ccc(F)cc3)nn2CC1(C)C(O)NC1CCCCC1. The van der Waals surface area contributed by atoms with Crippen molar-refractivity contribution in [2.75, 3.05) is 7.05 Å². The molecule has 2 atom stereocenters. The molecular weight excluding hydrogens is 413 g/mol. The van der Waals surface area contributed by atoms with E-state index in [1.165, 1.54) is 34.2 Å². The minimum atomic E-state index is -0.923. The Morgan fingerprint density at radius 1 is 1.28 bits per heavy atom. The number of hydrogen-bond acceptors (Lipinski definition) is 5. The van der Waals surface area contributed by atoms with Crippen LogP contribution in [0.15, 0.2) is 30.3 Å². The predicted molar refractivity (Wildman–Crippen MR) is 116 cm³/mol. The van der Waals surface area contributed by atoms with Crippen molar-refractivity contribution in [3.63, 3.8) is 0 Å². The van der Waals surface area contributed by atoms with Gasteiger partial charge in [-0.3, -0.25) is 19.6 Å². The average Bonchev–Trinajstić information content (AvgIpc) is 3.21. The summed E-state index contributed by atoms with van der Waals surface area (Å²) >= 11 is 0. The standard InChI is InChI=1S/C23H30FN5O3/c1-23(22(32)26-17-6-4-3-5-7-17)14-29-19(21(31)28(23)2)12-18(27-29)20(30)25-13-15-8-10-16(24)11-9-15/h8-12,17,22,26,32H,3-7,13-14H2,1-2H3,(H,25,30). The highest BCUT2D eigenvalue weighted by atomic mass is 19.1. The molecule has 2 unspecified atom stereocenters. The molecule has 1 saturated carbocycles. The summed E-state index contributed by atoms with van der Waals surface area (Å²) in [5.74, 6) is -1.06. The van der Waals surface area contributed by atoms with E-state index in [9.17, 15) is 19.1 Å². The monoisotopic (exact) mass is 443 g/mol. The maximum absolute atomic E-state index is 13.0. The van der Waals surface area contributed by atoms with E-state index < -0.39 is 17.7 Å². The number of benzene rings is 1. The van der Waals surface area contributed by atoms with Crippen molar-refractivity contribution < 1.29 is 19.1 Å². The first-order chi connectivity index (χ1) is 15.3. The van der Waals surface area contributed by atoms with E-state index >= 15 is 0 Å². The Labute approximate surface area is 186 Å². The van der Waals surface area contributed by atoms with E-state index in [2.05, 4.69) is 15.7 Å². The minimum absolute atomic E-state index is 0.128. The van der Waals surface area contributed by atoms with E-state index in [1.807, 2.05) is 6.92 Å². The maximum Gasteiger partial charge on any atom is 0.272 e. The second-order valence-corrected chi connectivity index (χ2v) is 9.01. The molecule has 1 fully saturated rings. The van der Waals surface area contributed by atoms with Gasteiger partial charge in [0.2, 0.25) is 0 Å². The van der Waals surface area contributed by atoms with Gasteiger partial charge in [-0.1, -0.05) is 31.4 Å². The summed E-state index contributed by atoms with van der Waals surface area (Å²) < 4.78 is 14.5. The number of aliphatic hydroxyl groups is 1. The predicted octanol–water partition coefficient (Wildman–Crippen LogP) is 2.04. The number of aliphatic hydroxyl groups excluding tert-OH is 1. The fraction of sp³-hybridized carbons (Fsp3) is 0.522. The molecule has 2 amide bonds. The first-order valence-corrected chi connectivity index (χ1v) is 11.1. The number of halogens is 1. The van der Waals surface area contributed by atoms with Gasteiger partial charge < -0.3 is 15.3 Å². The van der Waals surface area contributed by atoms with E-state index in [0.717, 1.165) is 31.2 Å². The van der Waals surface area contributed by atoms with Crippen LogP contribution in [0.1, 0.15) is 65.6 Å². The molecule has 2 aromatic rings. The van der Waals surface area contributed by atoms with Gasteiger partial charge in [0.25, 0.3) is 11.8 Å². The molecule has 9 heteroatoms. The summed E-state index contributed by atoms with van der Waals surface area (Å²) in [6.45, 7) is 2.30.